The fourth-order valence-electron chi connectivity index (χ4n) is 2.84. The molecule has 3 atom stereocenters. The molecule has 3 nitrogen and oxygen atoms in total. The van der Waals surface area contributed by atoms with Gasteiger partial charge in [-0.2, -0.15) is 0 Å². The van der Waals surface area contributed by atoms with Crippen LogP contribution in [0.5, 0.6) is 0 Å². The second kappa shape index (κ2) is 15.0. The van der Waals surface area contributed by atoms with Gasteiger partial charge in [-0.25, -0.2) is 0 Å². The van der Waals surface area contributed by atoms with Crippen LogP contribution in [0.1, 0.15) is 48.1 Å². The van der Waals surface area contributed by atoms with Crippen LogP contribution in [-0.4, -0.2) is 35.9 Å². The standard InChI is InChI=1S/C15H32O3Si4.4CH4/c1-14(15-11-9-8-10-12-15)13-22(7,18-21(4,5)6)17-20(3)16-19-2;;;;/h8-12,14,20H,13,19H2,1-7H3;4*1H4. The van der Waals surface area contributed by atoms with E-state index in [1.54, 1.807) is 0 Å². The summed E-state index contributed by atoms with van der Waals surface area (Å²) >= 11 is 0. The highest BCUT2D eigenvalue weighted by atomic mass is 28.5. The quantitative estimate of drug-likeness (QED) is 0.427. The van der Waals surface area contributed by atoms with Gasteiger partial charge in [-0.15, -0.1) is 0 Å². The number of hydrogen-bond acceptors (Lipinski definition) is 3. The molecule has 0 N–H and O–H groups in total. The molecule has 1 rings (SSSR count). The molecule has 0 saturated heterocycles. The van der Waals surface area contributed by atoms with Gasteiger partial charge >= 0.3 is 8.56 Å². The normalized spacial score (nSPS) is 15.5. The summed E-state index contributed by atoms with van der Waals surface area (Å²) in [6, 6.07) is 11.7. The Morgan fingerprint density at radius 3 is 1.92 bits per heavy atom. The zero-order valence-electron chi connectivity index (χ0n) is 15.2. The monoisotopic (exact) mass is 436 g/mol. The van der Waals surface area contributed by atoms with Crippen molar-refractivity contribution in [3.63, 3.8) is 0 Å². The third kappa shape index (κ3) is 13.2. The highest BCUT2D eigenvalue weighted by Gasteiger charge is 2.39. The first-order valence-electron chi connectivity index (χ1n) is 8.20. The molecular formula is C19H48O3Si4. The van der Waals surface area contributed by atoms with Gasteiger partial charge in [0, 0.05) is 0 Å². The average Bonchev–Trinajstić information content (AvgIpc) is 2.36. The van der Waals surface area contributed by atoms with E-state index in [2.05, 4.69) is 76.5 Å². The SMILES string of the molecule is C.C.C.C.C[SiH2]O[SiH](C)O[Si](C)(CC(C)c1ccccc1)O[Si](C)(C)C. The second-order valence-corrected chi connectivity index (χ2v) is 18.7. The maximum atomic E-state index is 6.56. The molecule has 0 aliphatic heterocycles. The minimum absolute atomic E-state index is 0. The maximum absolute atomic E-state index is 6.56. The van der Waals surface area contributed by atoms with Crippen molar-refractivity contribution in [2.45, 2.75) is 87.9 Å². The lowest BCUT2D eigenvalue weighted by atomic mass is 10.0. The lowest BCUT2D eigenvalue weighted by molar-refractivity contribution is 0.346. The molecule has 0 heterocycles. The van der Waals surface area contributed by atoms with Crippen molar-refractivity contribution in [3.8, 4) is 0 Å². The Kier molecular flexibility index (Phi) is 19.3. The Bertz CT molecular complexity index is 440. The van der Waals surface area contributed by atoms with E-state index in [1.165, 1.54) is 5.56 Å². The summed E-state index contributed by atoms with van der Waals surface area (Å²) in [5.41, 5.74) is 1.36. The molecule has 7 heteroatoms. The molecule has 0 spiro atoms. The molecule has 0 amide bonds. The number of benzene rings is 1. The molecule has 3 unspecified atom stereocenters. The molecular weight excluding hydrogens is 389 g/mol. The van der Waals surface area contributed by atoms with Crippen molar-refractivity contribution in [1.29, 1.82) is 0 Å². The van der Waals surface area contributed by atoms with Gasteiger partial charge in [-0.3, -0.25) is 0 Å². The van der Waals surface area contributed by atoms with Crippen molar-refractivity contribution in [1.82, 2.24) is 0 Å². The predicted molar refractivity (Wildman–Crippen MR) is 132 cm³/mol. The van der Waals surface area contributed by atoms with Crippen molar-refractivity contribution < 1.29 is 12.3 Å². The number of rotatable bonds is 9. The molecule has 0 saturated carbocycles. The van der Waals surface area contributed by atoms with E-state index >= 15 is 0 Å². The first-order valence-corrected chi connectivity index (χ1v) is 18.2. The first kappa shape index (κ1) is 33.5. The summed E-state index contributed by atoms with van der Waals surface area (Å²) in [4.78, 5) is 0. The molecule has 158 valence electrons. The smallest absolute Gasteiger partial charge is 0.316 e. The average molecular weight is 437 g/mol. The summed E-state index contributed by atoms with van der Waals surface area (Å²) in [5.74, 6) is 0.453. The van der Waals surface area contributed by atoms with Gasteiger partial charge in [0.05, 0.1) is 0 Å². The molecule has 0 bridgehead atoms. The van der Waals surface area contributed by atoms with Crippen LogP contribution >= 0.6 is 0 Å². The summed E-state index contributed by atoms with van der Waals surface area (Å²) in [6.45, 7) is 15.6. The van der Waals surface area contributed by atoms with E-state index in [4.69, 9.17) is 12.3 Å². The van der Waals surface area contributed by atoms with Gasteiger partial charge in [0.15, 0.2) is 8.32 Å². The Hall–Kier alpha value is -0.0325. The highest BCUT2D eigenvalue weighted by Crippen LogP contribution is 2.30. The van der Waals surface area contributed by atoms with E-state index in [-0.39, 0.29) is 29.7 Å². The molecule has 0 aliphatic carbocycles. The van der Waals surface area contributed by atoms with E-state index in [9.17, 15) is 0 Å². The molecule has 26 heavy (non-hydrogen) atoms. The third-order valence-corrected chi connectivity index (χ3v) is 15.4. The summed E-state index contributed by atoms with van der Waals surface area (Å²) in [7, 11) is -5.80. The minimum atomic E-state index is -2.21. The van der Waals surface area contributed by atoms with Crippen LogP contribution in [0.3, 0.4) is 0 Å². The van der Waals surface area contributed by atoms with Crippen LogP contribution in [-0.2, 0) is 12.3 Å². The van der Waals surface area contributed by atoms with Crippen molar-refractivity contribution in [2.24, 2.45) is 0 Å². The van der Waals surface area contributed by atoms with Crippen LogP contribution in [0.2, 0.25) is 45.3 Å². The Morgan fingerprint density at radius 2 is 1.50 bits per heavy atom. The largest absolute Gasteiger partial charge is 0.444 e. The number of hydrogen-bond donors (Lipinski definition) is 0. The van der Waals surface area contributed by atoms with E-state index in [1.807, 2.05) is 0 Å². The van der Waals surface area contributed by atoms with E-state index in [0.29, 0.717) is 5.92 Å². The van der Waals surface area contributed by atoms with Crippen LogP contribution in [0.4, 0.5) is 0 Å². The summed E-state index contributed by atoms with van der Waals surface area (Å²) in [5, 5.41) is 0. The molecule has 1 aromatic rings. The lowest BCUT2D eigenvalue weighted by Crippen LogP contribution is -2.51. The Labute approximate surface area is 172 Å². The predicted octanol–water partition coefficient (Wildman–Crippen LogP) is 6.27. The topological polar surface area (TPSA) is 27.7 Å². The van der Waals surface area contributed by atoms with Crippen LogP contribution in [0.15, 0.2) is 30.3 Å². The van der Waals surface area contributed by atoms with Crippen molar-refractivity contribution in [2.75, 3.05) is 0 Å². The van der Waals surface area contributed by atoms with Crippen LogP contribution < -0.4 is 0 Å². The fourth-order valence-corrected chi connectivity index (χ4v) is 16.3. The van der Waals surface area contributed by atoms with E-state index < -0.39 is 35.9 Å². The molecule has 0 fully saturated rings. The van der Waals surface area contributed by atoms with Crippen LogP contribution in [0.25, 0.3) is 0 Å². The second-order valence-electron chi connectivity index (χ2n) is 7.00. The first-order chi connectivity index (χ1) is 10.2. The van der Waals surface area contributed by atoms with Gasteiger partial charge in [0.1, 0.15) is 9.76 Å². The summed E-state index contributed by atoms with van der Waals surface area (Å²) < 4.78 is 18.9. The highest BCUT2D eigenvalue weighted by molar-refractivity contribution is 6.84. The molecule has 0 radical (unpaired) electrons. The lowest BCUT2D eigenvalue weighted by Gasteiger charge is -2.37. The van der Waals surface area contributed by atoms with Gasteiger partial charge in [0.25, 0.3) is 9.28 Å². The van der Waals surface area contributed by atoms with Crippen LogP contribution in [0, 0.1) is 0 Å². The van der Waals surface area contributed by atoms with E-state index in [0.717, 1.165) is 6.04 Å². The zero-order valence-corrected chi connectivity index (χ0v) is 19.7. The Morgan fingerprint density at radius 1 is 1.00 bits per heavy atom. The van der Waals surface area contributed by atoms with Crippen molar-refractivity contribution in [3.05, 3.63) is 35.9 Å². The van der Waals surface area contributed by atoms with Crippen molar-refractivity contribution >= 4 is 35.9 Å². The minimum Gasteiger partial charge on any atom is -0.444 e. The zero-order chi connectivity index (χ0) is 16.8. The van der Waals surface area contributed by atoms with Gasteiger partial charge < -0.3 is 12.3 Å². The molecule has 0 aromatic heterocycles. The van der Waals surface area contributed by atoms with Gasteiger partial charge in [-0.05, 0) is 50.3 Å². The molecule has 0 aliphatic rings. The van der Waals surface area contributed by atoms with Gasteiger partial charge in [0.2, 0.25) is 0 Å². The van der Waals surface area contributed by atoms with Gasteiger partial charge in [-0.1, -0.05) is 73.5 Å². The maximum Gasteiger partial charge on any atom is 0.316 e. The fraction of sp³-hybridized carbons (Fsp3) is 0.684. The summed E-state index contributed by atoms with van der Waals surface area (Å²) in [6.07, 6.45) is 0. The molecule has 1 aromatic carbocycles. The Balaban J connectivity index is -0.000000605. The third-order valence-electron chi connectivity index (χ3n) is 3.38.